The van der Waals surface area contributed by atoms with E-state index in [4.69, 9.17) is 14.4 Å². The summed E-state index contributed by atoms with van der Waals surface area (Å²) in [6, 6.07) is 50.9. The first kappa shape index (κ1) is 26.4. The van der Waals surface area contributed by atoms with Crippen molar-refractivity contribution in [3.05, 3.63) is 150 Å². The fourth-order valence-electron chi connectivity index (χ4n) is 7.21. The number of benzene rings is 7. The van der Waals surface area contributed by atoms with Gasteiger partial charge in [-0.25, -0.2) is 9.97 Å². The van der Waals surface area contributed by atoms with Gasteiger partial charge >= 0.3 is 0 Å². The molecule has 0 aliphatic carbocycles. The normalized spacial score (nSPS) is 11.9. The molecule has 0 spiro atoms. The Bertz CT molecular complexity index is 2870. The molecule has 10 rings (SSSR count). The molecular weight excluding hydrogens is 642 g/mol. The third-order valence-electron chi connectivity index (χ3n) is 9.27. The molecule has 10 aromatic rings. The number of halogens is 1. The van der Waals surface area contributed by atoms with Gasteiger partial charge in [0.15, 0.2) is 0 Å². The highest BCUT2D eigenvalue weighted by atomic mass is 79.9. The minimum Gasteiger partial charge on any atom is -0.456 e. The van der Waals surface area contributed by atoms with E-state index in [1.165, 1.54) is 5.39 Å². The summed E-state index contributed by atoms with van der Waals surface area (Å²) in [5.41, 5.74) is 9.05. The summed E-state index contributed by atoms with van der Waals surface area (Å²) in [6.07, 6.45) is 0. The van der Waals surface area contributed by atoms with Gasteiger partial charge in [0, 0.05) is 42.4 Å². The Kier molecular flexibility index (Phi) is 5.69. The lowest BCUT2D eigenvalue weighted by Gasteiger charge is -2.12. The second-order valence-corrected chi connectivity index (χ2v) is 12.8. The van der Waals surface area contributed by atoms with E-state index in [1.807, 2.05) is 24.3 Å². The van der Waals surface area contributed by atoms with E-state index in [2.05, 4.69) is 142 Å². The second-order valence-electron chi connectivity index (χ2n) is 11.9. The average Bonchev–Trinajstić information content (AvgIpc) is 3.68. The molecule has 0 radical (unpaired) electrons. The van der Waals surface area contributed by atoms with Crippen molar-refractivity contribution in [2.24, 2.45) is 0 Å². The van der Waals surface area contributed by atoms with Gasteiger partial charge in [0.05, 0.1) is 22.2 Å². The van der Waals surface area contributed by atoms with Crippen molar-refractivity contribution < 1.29 is 4.42 Å². The van der Waals surface area contributed by atoms with Crippen LogP contribution >= 0.6 is 15.9 Å². The lowest BCUT2D eigenvalue weighted by atomic mass is 9.97. The van der Waals surface area contributed by atoms with Crippen LogP contribution in [0.25, 0.3) is 93.8 Å². The molecule has 0 atom stereocenters. The zero-order valence-corrected chi connectivity index (χ0v) is 26.6. The number of hydrogen-bond acceptors (Lipinski definition) is 3. The van der Waals surface area contributed by atoms with Crippen molar-refractivity contribution in [3.8, 4) is 28.3 Å². The Morgan fingerprint density at radius 2 is 1.34 bits per heavy atom. The van der Waals surface area contributed by atoms with Crippen molar-refractivity contribution in [1.82, 2.24) is 14.5 Å². The van der Waals surface area contributed by atoms with E-state index >= 15 is 0 Å². The third-order valence-corrected chi connectivity index (χ3v) is 9.93. The van der Waals surface area contributed by atoms with Gasteiger partial charge in [-0.2, -0.15) is 0 Å². The second kappa shape index (κ2) is 10.1. The summed E-state index contributed by atoms with van der Waals surface area (Å²) in [5, 5.41) is 7.85. The van der Waals surface area contributed by atoms with Gasteiger partial charge in [0.25, 0.3) is 0 Å². The fraction of sp³-hybridized carbons (Fsp3) is 0. The standard InChI is InChI=1S/C42H24BrN3O/c43-33-16-9-19-37-39(33)32-24-27(21-23-36(32)47-37)28-15-8-18-35-38(28)31-22-20-25-10-4-5-13-29(25)41(31)46(35)42-44-34-17-7-6-14-30(34)40(45-42)26-11-2-1-3-12-26/h1-24H. The van der Waals surface area contributed by atoms with Crippen molar-refractivity contribution in [2.75, 3.05) is 0 Å². The van der Waals surface area contributed by atoms with Crippen molar-refractivity contribution in [2.45, 2.75) is 0 Å². The highest BCUT2D eigenvalue weighted by Gasteiger charge is 2.22. The Morgan fingerprint density at radius 1 is 0.532 bits per heavy atom. The monoisotopic (exact) mass is 665 g/mol. The Balaban J connectivity index is 1.33. The van der Waals surface area contributed by atoms with Gasteiger partial charge in [-0.3, -0.25) is 4.57 Å². The highest BCUT2D eigenvalue weighted by Crippen LogP contribution is 2.43. The van der Waals surface area contributed by atoms with E-state index in [1.54, 1.807) is 0 Å². The summed E-state index contributed by atoms with van der Waals surface area (Å²) in [7, 11) is 0. The zero-order chi connectivity index (χ0) is 31.1. The largest absolute Gasteiger partial charge is 0.456 e. The van der Waals surface area contributed by atoms with Gasteiger partial charge in [-0.1, -0.05) is 125 Å². The van der Waals surface area contributed by atoms with Crippen molar-refractivity contribution in [3.63, 3.8) is 0 Å². The number of rotatable bonds is 3. The number of furan rings is 1. The number of hydrogen-bond donors (Lipinski definition) is 0. The van der Waals surface area contributed by atoms with E-state index < -0.39 is 0 Å². The summed E-state index contributed by atoms with van der Waals surface area (Å²) >= 11 is 3.76. The molecule has 3 heterocycles. The molecule has 220 valence electrons. The highest BCUT2D eigenvalue weighted by molar-refractivity contribution is 9.10. The molecule has 0 saturated carbocycles. The fourth-order valence-corrected chi connectivity index (χ4v) is 7.77. The number of aromatic nitrogens is 3. The van der Waals surface area contributed by atoms with Crippen molar-refractivity contribution >= 4 is 81.3 Å². The molecule has 47 heavy (non-hydrogen) atoms. The van der Waals surface area contributed by atoms with Crippen LogP contribution in [0.5, 0.6) is 0 Å². The predicted octanol–water partition coefficient (Wildman–Crippen LogP) is 11.9. The Morgan fingerprint density at radius 3 is 2.26 bits per heavy atom. The molecule has 0 unspecified atom stereocenters. The molecular formula is C42H24BrN3O. The van der Waals surface area contributed by atoms with Gasteiger partial charge in [-0.05, 0) is 52.9 Å². The molecule has 0 aliphatic heterocycles. The zero-order valence-electron chi connectivity index (χ0n) is 25.0. The van der Waals surface area contributed by atoms with Gasteiger partial charge in [0.2, 0.25) is 5.95 Å². The van der Waals surface area contributed by atoms with Crippen LogP contribution in [0.4, 0.5) is 0 Å². The Hall–Kier alpha value is -5.78. The summed E-state index contributed by atoms with van der Waals surface area (Å²) in [6.45, 7) is 0. The molecule has 0 N–H and O–H groups in total. The third kappa shape index (κ3) is 3.93. The van der Waals surface area contributed by atoms with Gasteiger partial charge in [-0.15, -0.1) is 0 Å². The van der Waals surface area contributed by atoms with Crippen LogP contribution in [0.2, 0.25) is 0 Å². The molecule has 5 heteroatoms. The number of nitrogens with zero attached hydrogens (tertiary/aromatic N) is 3. The summed E-state index contributed by atoms with van der Waals surface area (Å²) in [4.78, 5) is 10.6. The molecule has 3 aromatic heterocycles. The first-order valence-electron chi connectivity index (χ1n) is 15.6. The quantitative estimate of drug-likeness (QED) is 0.189. The Labute approximate surface area is 277 Å². The minimum absolute atomic E-state index is 0.649. The number of para-hydroxylation sites is 1. The molecule has 7 aromatic carbocycles. The van der Waals surface area contributed by atoms with Crippen LogP contribution in [0.15, 0.2) is 154 Å². The molecule has 0 fully saturated rings. The van der Waals surface area contributed by atoms with Gasteiger partial charge in [0.1, 0.15) is 11.2 Å². The molecule has 0 aliphatic rings. The lowest BCUT2D eigenvalue weighted by Crippen LogP contribution is -2.03. The van der Waals surface area contributed by atoms with E-state index in [-0.39, 0.29) is 0 Å². The van der Waals surface area contributed by atoms with Crippen LogP contribution in [0.1, 0.15) is 0 Å². The summed E-state index contributed by atoms with van der Waals surface area (Å²) < 4.78 is 9.51. The minimum atomic E-state index is 0.649. The van der Waals surface area contributed by atoms with Gasteiger partial charge < -0.3 is 4.42 Å². The van der Waals surface area contributed by atoms with E-state index in [0.29, 0.717) is 5.95 Å². The predicted molar refractivity (Wildman–Crippen MR) is 197 cm³/mol. The SMILES string of the molecule is Brc1cccc2oc3ccc(-c4cccc5c4c4ccc6ccccc6c4n5-c4nc(-c5ccccc5)c5ccccc5n4)cc3c12. The van der Waals surface area contributed by atoms with Crippen LogP contribution in [0.3, 0.4) is 0 Å². The smallest absolute Gasteiger partial charge is 0.235 e. The average molecular weight is 667 g/mol. The maximum atomic E-state index is 6.22. The van der Waals surface area contributed by atoms with E-state index in [0.717, 1.165) is 86.9 Å². The van der Waals surface area contributed by atoms with Crippen LogP contribution in [-0.4, -0.2) is 14.5 Å². The van der Waals surface area contributed by atoms with E-state index in [9.17, 15) is 0 Å². The van der Waals surface area contributed by atoms with Crippen LogP contribution in [0, 0.1) is 0 Å². The molecule has 0 bridgehead atoms. The topological polar surface area (TPSA) is 43.9 Å². The van der Waals surface area contributed by atoms with Crippen LogP contribution in [-0.2, 0) is 0 Å². The first-order valence-corrected chi connectivity index (χ1v) is 16.4. The molecule has 0 amide bonds. The first-order chi connectivity index (χ1) is 23.2. The number of fused-ring (bicyclic) bond motifs is 9. The van der Waals surface area contributed by atoms with Crippen molar-refractivity contribution in [1.29, 1.82) is 0 Å². The molecule has 0 saturated heterocycles. The van der Waals surface area contributed by atoms with Crippen LogP contribution < -0.4 is 0 Å². The lowest BCUT2D eigenvalue weighted by molar-refractivity contribution is 0.669. The maximum absolute atomic E-state index is 6.22. The maximum Gasteiger partial charge on any atom is 0.235 e. The summed E-state index contributed by atoms with van der Waals surface area (Å²) in [5.74, 6) is 0.649. The molecule has 4 nitrogen and oxygen atoms in total.